The molecule has 0 aliphatic carbocycles. The number of pyridine rings is 1. The first-order valence-corrected chi connectivity index (χ1v) is 9.29. The quantitative estimate of drug-likeness (QED) is 0.200. The zero-order chi connectivity index (χ0) is 21.2. The lowest BCUT2D eigenvalue weighted by molar-refractivity contribution is 0.449. The fourth-order valence-electron chi connectivity index (χ4n) is 3.95. The van der Waals surface area contributed by atoms with E-state index in [4.69, 9.17) is 14.6 Å². The Morgan fingerprint density at radius 1 is 0.833 bits per heavy atom. The summed E-state index contributed by atoms with van der Waals surface area (Å²) in [6.45, 7) is 3.59. The molecule has 2 N–H and O–H groups in total. The van der Waals surface area contributed by atoms with Crippen molar-refractivity contribution < 1.29 is 8.83 Å². The molecule has 3 aromatic carbocycles. The van der Waals surface area contributed by atoms with Crippen LogP contribution in [0.25, 0.3) is 38.7 Å². The first kappa shape index (κ1) is 17.9. The molecule has 0 aliphatic rings. The number of nitrogens with zero attached hydrogens (tertiary/aromatic N) is 1. The molecule has 0 atom stereocenters. The van der Waals surface area contributed by atoms with Gasteiger partial charge in [-0.05, 0) is 49.7 Å². The molecule has 0 unspecified atom stereocenters. The van der Waals surface area contributed by atoms with Gasteiger partial charge in [-0.15, -0.1) is 0 Å². The number of rotatable bonds is 1. The zero-order valence-electron chi connectivity index (χ0n) is 16.2. The maximum atomic E-state index is 13.5. The van der Waals surface area contributed by atoms with Crippen molar-refractivity contribution in [3.63, 3.8) is 0 Å². The maximum absolute atomic E-state index is 13.5. The maximum Gasteiger partial charge on any atom is 0.423 e. The molecule has 148 valence electrons. The molecule has 0 fully saturated rings. The second-order valence-electron chi connectivity index (χ2n) is 7.19. The highest BCUT2D eigenvalue weighted by molar-refractivity contribution is 6.09. The number of aryl methyl sites for hydroxylation is 2. The molecule has 0 radical (unpaired) electrons. The van der Waals surface area contributed by atoms with Crippen LogP contribution in [0.1, 0.15) is 11.1 Å². The number of aromatic nitrogens is 1. The van der Waals surface area contributed by atoms with Crippen molar-refractivity contribution in [3.8, 4) is 5.69 Å². The van der Waals surface area contributed by atoms with E-state index in [1.807, 2.05) is 35.8 Å². The van der Waals surface area contributed by atoms with Crippen LogP contribution < -0.4 is 22.4 Å². The minimum Gasteiger partial charge on any atom is -0.414 e. The van der Waals surface area contributed by atoms with Gasteiger partial charge in [0.2, 0.25) is 5.43 Å². The Hall–Kier alpha value is -4.13. The van der Waals surface area contributed by atoms with Crippen molar-refractivity contribution in [2.24, 2.45) is 0 Å². The van der Waals surface area contributed by atoms with Crippen LogP contribution in [0.5, 0.6) is 0 Å². The van der Waals surface area contributed by atoms with Crippen LogP contribution in [0.4, 0.5) is 5.69 Å². The minimum atomic E-state index is -1.16. The molecule has 0 saturated carbocycles. The zero-order valence-corrected chi connectivity index (χ0v) is 16.2. The van der Waals surface area contributed by atoms with Gasteiger partial charge in [-0.1, -0.05) is 18.2 Å². The largest absolute Gasteiger partial charge is 0.423 e. The molecule has 5 rings (SSSR count). The van der Waals surface area contributed by atoms with Gasteiger partial charge in [0.1, 0.15) is 0 Å². The number of nitrogens with two attached hydrogens (primary N) is 1. The molecule has 2 aromatic heterocycles. The highest BCUT2D eigenvalue weighted by Crippen LogP contribution is 2.33. The molecule has 0 amide bonds. The summed E-state index contributed by atoms with van der Waals surface area (Å²) < 4.78 is 12.4. The average Bonchev–Trinajstić information content (AvgIpc) is 2.73. The normalized spacial score (nSPS) is 11.5. The van der Waals surface area contributed by atoms with E-state index >= 15 is 0 Å². The molecule has 7 heteroatoms. The van der Waals surface area contributed by atoms with Gasteiger partial charge in [-0.2, -0.15) is 0 Å². The summed E-state index contributed by atoms with van der Waals surface area (Å²) in [5.41, 5.74) is 7.38. The number of hydrogen-bond acceptors (Lipinski definition) is 6. The van der Waals surface area contributed by atoms with Gasteiger partial charge in [0.25, 0.3) is 0 Å². The smallest absolute Gasteiger partial charge is 0.414 e. The topological polar surface area (TPSA) is 108 Å². The van der Waals surface area contributed by atoms with Crippen molar-refractivity contribution in [1.82, 2.24) is 4.57 Å². The van der Waals surface area contributed by atoms with Crippen molar-refractivity contribution in [1.29, 1.82) is 0 Å². The van der Waals surface area contributed by atoms with E-state index in [1.165, 1.54) is 0 Å². The van der Waals surface area contributed by atoms with Crippen molar-refractivity contribution in [3.05, 3.63) is 90.7 Å². The van der Waals surface area contributed by atoms with Crippen LogP contribution in [0, 0.1) is 13.8 Å². The van der Waals surface area contributed by atoms with E-state index in [-0.39, 0.29) is 22.0 Å². The van der Waals surface area contributed by atoms with Gasteiger partial charge >= 0.3 is 11.3 Å². The minimum absolute atomic E-state index is 0.0360. The molecule has 2 heterocycles. The van der Waals surface area contributed by atoms with Crippen LogP contribution in [-0.4, -0.2) is 4.57 Å². The summed E-state index contributed by atoms with van der Waals surface area (Å²) in [5.74, 6) is 0. The fraction of sp³-hybridized carbons (Fsp3) is 0.0870. The summed E-state index contributed by atoms with van der Waals surface area (Å²) in [4.78, 5) is 37.2. The molecule has 5 aromatic rings. The van der Waals surface area contributed by atoms with Crippen molar-refractivity contribution in [2.75, 3.05) is 5.73 Å². The Bertz CT molecular complexity index is 1690. The Morgan fingerprint density at radius 3 is 2.27 bits per heavy atom. The van der Waals surface area contributed by atoms with Gasteiger partial charge in [-0.3, -0.25) is 4.79 Å². The number of hydrogen-bond donors (Lipinski definition) is 1. The molecular weight excluding hydrogens is 384 g/mol. The summed E-state index contributed by atoms with van der Waals surface area (Å²) >= 11 is 0. The van der Waals surface area contributed by atoms with Gasteiger partial charge in [0.05, 0.1) is 16.4 Å². The van der Waals surface area contributed by atoms with Crippen molar-refractivity contribution >= 4 is 38.7 Å². The monoisotopic (exact) mass is 400 g/mol. The summed E-state index contributed by atoms with van der Waals surface area (Å²) in [7, 11) is 0. The third kappa shape index (κ3) is 2.35. The van der Waals surface area contributed by atoms with E-state index in [0.717, 1.165) is 11.3 Å². The SMILES string of the molecule is Cc1c(C)c2c(c(=O)c3ccccc3n2-c2cccc(N)c2)c2oc(=O)c(=O)oc12. The van der Waals surface area contributed by atoms with Gasteiger partial charge in [0.15, 0.2) is 11.2 Å². The standard InChI is InChI=1S/C23H16N2O5/c1-11-12(2)20-21(30-23(28)22(27)29-20)17-18(11)25(14-7-5-6-13(24)10-14)16-9-4-3-8-15(16)19(17)26/h3-10H,24H2,1-2H3. The first-order valence-electron chi connectivity index (χ1n) is 9.29. The molecule has 30 heavy (non-hydrogen) atoms. The first-order chi connectivity index (χ1) is 14.4. The number of para-hydroxylation sites is 1. The van der Waals surface area contributed by atoms with E-state index in [2.05, 4.69) is 0 Å². The molecule has 0 spiro atoms. The number of anilines is 1. The highest BCUT2D eigenvalue weighted by Gasteiger charge is 2.22. The second kappa shape index (κ2) is 6.18. The number of benzene rings is 3. The molecule has 7 nitrogen and oxygen atoms in total. The Kier molecular flexibility index (Phi) is 3.70. The lowest BCUT2D eigenvalue weighted by Gasteiger charge is -2.19. The van der Waals surface area contributed by atoms with E-state index in [0.29, 0.717) is 27.7 Å². The Morgan fingerprint density at radius 2 is 1.53 bits per heavy atom. The van der Waals surface area contributed by atoms with Crippen LogP contribution in [0.2, 0.25) is 0 Å². The predicted octanol–water partition coefficient (Wildman–Crippen LogP) is 3.40. The predicted molar refractivity (Wildman–Crippen MR) is 116 cm³/mol. The van der Waals surface area contributed by atoms with E-state index < -0.39 is 11.3 Å². The Labute approximate surface area is 168 Å². The summed E-state index contributed by atoms with van der Waals surface area (Å²) in [5, 5.41) is 0.612. The lowest BCUT2D eigenvalue weighted by atomic mass is 10.00. The third-order valence-corrected chi connectivity index (χ3v) is 5.45. The van der Waals surface area contributed by atoms with Crippen LogP contribution in [-0.2, 0) is 0 Å². The van der Waals surface area contributed by atoms with E-state index in [9.17, 15) is 14.4 Å². The average molecular weight is 400 g/mol. The van der Waals surface area contributed by atoms with E-state index in [1.54, 1.807) is 31.2 Å². The summed E-state index contributed by atoms with van der Waals surface area (Å²) in [6, 6.07) is 14.4. The molecule has 0 aliphatic heterocycles. The molecular formula is C23H16N2O5. The molecule has 0 bridgehead atoms. The fourth-order valence-corrected chi connectivity index (χ4v) is 3.95. The van der Waals surface area contributed by atoms with Crippen molar-refractivity contribution in [2.45, 2.75) is 13.8 Å². The number of fused-ring (bicyclic) bond motifs is 4. The third-order valence-electron chi connectivity index (χ3n) is 5.45. The summed E-state index contributed by atoms with van der Waals surface area (Å²) in [6.07, 6.45) is 0. The second-order valence-corrected chi connectivity index (χ2v) is 7.19. The van der Waals surface area contributed by atoms with Crippen LogP contribution in [0.3, 0.4) is 0 Å². The number of nitrogen functional groups attached to an aromatic ring is 1. The van der Waals surface area contributed by atoms with Gasteiger partial charge in [-0.25, -0.2) is 9.59 Å². The molecule has 0 saturated heterocycles. The van der Waals surface area contributed by atoms with Gasteiger partial charge < -0.3 is 19.1 Å². The van der Waals surface area contributed by atoms with Crippen LogP contribution >= 0.6 is 0 Å². The van der Waals surface area contributed by atoms with Gasteiger partial charge in [0, 0.05) is 22.3 Å². The highest BCUT2D eigenvalue weighted by atomic mass is 16.5. The Balaban J connectivity index is 2.20. The van der Waals surface area contributed by atoms with Crippen LogP contribution in [0.15, 0.2) is 71.7 Å². The lowest BCUT2D eigenvalue weighted by Crippen LogP contribution is -2.22.